The third kappa shape index (κ3) is 2.32. The number of rotatable bonds is 2. The van der Waals surface area contributed by atoms with Gasteiger partial charge in [-0.3, -0.25) is 0 Å². The Kier molecular flexibility index (Phi) is 3.19. The number of benzene rings is 1. The summed E-state index contributed by atoms with van der Waals surface area (Å²) in [6, 6.07) is 10.1. The predicted molar refractivity (Wildman–Crippen MR) is 72.8 cm³/mol. The summed E-state index contributed by atoms with van der Waals surface area (Å²) in [4.78, 5) is 14.1. The summed E-state index contributed by atoms with van der Waals surface area (Å²) in [6.45, 7) is 4.34. The number of carbonyl (C=O) groups excluding carboxylic acids is 1. The van der Waals surface area contributed by atoms with Crippen LogP contribution in [-0.4, -0.2) is 35.7 Å². The summed E-state index contributed by atoms with van der Waals surface area (Å²) in [7, 11) is 0. The standard InChI is InChI=1S/C15H20N2O2/c1-15-8-10-17(13(15)7-9-16-15)14(18)19-11-12-5-3-2-4-6-12/h2-6,13,16H,7-11H2,1H3. The van der Waals surface area contributed by atoms with Crippen LogP contribution in [0.1, 0.15) is 25.3 Å². The molecule has 3 rings (SSSR count). The van der Waals surface area contributed by atoms with Gasteiger partial charge in [-0.15, -0.1) is 0 Å². The van der Waals surface area contributed by atoms with E-state index in [0.29, 0.717) is 6.61 Å². The zero-order valence-corrected chi connectivity index (χ0v) is 11.3. The third-order valence-electron chi connectivity index (χ3n) is 4.37. The first-order valence-corrected chi connectivity index (χ1v) is 6.91. The minimum Gasteiger partial charge on any atom is -0.445 e. The molecule has 0 radical (unpaired) electrons. The highest BCUT2D eigenvalue weighted by Crippen LogP contribution is 2.34. The topological polar surface area (TPSA) is 41.6 Å². The summed E-state index contributed by atoms with van der Waals surface area (Å²) >= 11 is 0. The predicted octanol–water partition coefficient (Wildman–Crippen LogP) is 2.15. The van der Waals surface area contributed by atoms with E-state index in [1.165, 1.54) is 0 Å². The van der Waals surface area contributed by atoms with Gasteiger partial charge < -0.3 is 15.0 Å². The van der Waals surface area contributed by atoms with E-state index in [0.717, 1.165) is 31.5 Å². The van der Waals surface area contributed by atoms with Gasteiger partial charge in [0.2, 0.25) is 0 Å². The molecule has 0 aromatic heterocycles. The first kappa shape index (κ1) is 12.5. The minimum atomic E-state index is -0.179. The minimum absolute atomic E-state index is 0.0891. The van der Waals surface area contributed by atoms with Crippen LogP contribution in [0, 0.1) is 0 Å². The number of fused-ring (bicyclic) bond motifs is 1. The molecule has 2 saturated heterocycles. The summed E-state index contributed by atoms with van der Waals surface area (Å²) < 4.78 is 5.42. The first-order valence-electron chi connectivity index (χ1n) is 6.91. The number of amides is 1. The van der Waals surface area contributed by atoms with Gasteiger partial charge in [0, 0.05) is 12.1 Å². The Hall–Kier alpha value is -1.55. The second kappa shape index (κ2) is 4.85. The number of ether oxygens (including phenoxy) is 1. The van der Waals surface area contributed by atoms with Crippen molar-refractivity contribution in [3.8, 4) is 0 Å². The molecule has 4 heteroatoms. The Labute approximate surface area is 113 Å². The van der Waals surface area contributed by atoms with Gasteiger partial charge in [-0.25, -0.2) is 4.79 Å². The SMILES string of the molecule is CC12CCN(C(=O)OCc3ccccc3)C1CCN2. The quantitative estimate of drug-likeness (QED) is 0.886. The molecule has 2 unspecified atom stereocenters. The zero-order valence-electron chi connectivity index (χ0n) is 11.3. The molecule has 19 heavy (non-hydrogen) atoms. The van der Waals surface area contributed by atoms with E-state index in [1.807, 2.05) is 35.2 Å². The lowest BCUT2D eigenvalue weighted by molar-refractivity contribution is 0.0892. The van der Waals surface area contributed by atoms with E-state index in [2.05, 4.69) is 12.2 Å². The van der Waals surface area contributed by atoms with Crippen LogP contribution in [0.2, 0.25) is 0 Å². The molecule has 1 N–H and O–H groups in total. The monoisotopic (exact) mass is 260 g/mol. The Morgan fingerprint density at radius 3 is 3.05 bits per heavy atom. The van der Waals surface area contributed by atoms with Gasteiger partial charge >= 0.3 is 6.09 Å². The van der Waals surface area contributed by atoms with Crippen LogP contribution in [-0.2, 0) is 11.3 Å². The Morgan fingerprint density at radius 1 is 1.47 bits per heavy atom. The number of nitrogens with one attached hydrogen (secondary N) is 1. The van der Waals surface area contributed by atoms with E-state index in [4.69, 9.17) is 4.74 Å². The fraction of sp³-hybridized carbons (Fsp3) is 0.533. The fourth-order valence-corrected chi connectivity index (χ4v) is 3.21. The Balaban J connectivity index is 1.59. The molecule has 0 saturated carbocycles. The van der Waals surface area contributed by atoms with Gasteiger partial charge in [0.05, 0.1) is 6.04 Å². The van der Waals surface area contributed by atoms with Crippen molar-refractivity contribution in [1.29, 1.82) is 0 Å². The number of hydrogen-bond donors (Lipinski definition) is 1. The Morgan fingerprint density at radius 2 is 2.26 bits per heavy atom. The molecule has 4 nitrogen and oxygen atoms in total. The second-order valence-corrected chi connectivity index (χ2v) is 5.63. The van der Waals surface area contributed by atoms with Gasteiger partial charge in [-0.05, 0) is 31.9 Å². The molecule has 2 heterocycles. The van der Waals surface area contributed by atoms with Gasteiger partial charge in [0.25, 0.3) is 0 Å². The van der Waals surface area contributed by atoms with Crippen LogP contribution in [0.15, 0.2) is 30.3 Å². The van der Waals surface area contributed by atoms with Crippen molar-refractivity contribution in [2.24, 2.45) is 0 Å². The molecule has 2 aliphatic rings. The third-order valence-corrected chi connectivity index (χ3v) is 4.37. The molecule has 2 aliphatic heterocycles. The van der Waals surface area contributed by atoms with Crippen molar-refractivity contribution in [3.05, 3.63) is 35.9 Å². The van der Waals surface area contributed by atoms with E-state index >= 15 is 0 Å². The molecule has 102 valence electrons. The molecule has 1 aromatic carbocycles. The van der Waals surface area contributed by atoms with Crippen molar-refractivity contribution in [1.82, 2.24) is 10.2 Å². The van der Waals surface area contributed by atoms with E-state index in [1.54, 1.807) is 0 Å². The lowest BCUT2D eigenvalue weighted by atomic mass is 9.95. The molecule has 2 fully saturated rings. The molecule has 2 atom stereocenters. The van der Waals surface area contributed by atoms with Gasteiger partial charge in [0.15, 0.2) is 0 Å². The number of nitrogens with zero attached hydrogens (tertiary/aromatic N) is 1. The van der Waals surface area contributed by atoms with E-state index in [-0.39, 0.29) is 17.7 Å². The molecule has 0 bridgehead atoms. The van der Waals surface area contributed by atoms with Crippen LogP contribution in [0.3, 0.4) is 0 Å². The van der Waals surface area contributed by atoms with Gasteiger partial charge in [-0.1, -0.05) is 30.3 Å². The first-order chi connectivity index (χ1) is 9.19. The van der Waals surface area contributed by atoms with E-state index < -0.39 is 0 Å². The summed E-state index contributed by atoms with van der Waals surface area (Å²) in [6.07, 6.45) is 1.86. The summed E-state index contributed by atoms with van der Waals surface area (Å²) in [5, 5.41) is 3.50. The number of carbonyl (C=O) groups is 1. The van der Waals surface area contributed by atoms with Crippen LogP contribution in [0.25, 0.3) is 0 Å². The molecule has 1 aromatic rings. The lowest BCUT2D eigenvalue weighted by Gasteiger charge is -2.28. The highest BCUT2D eigenvalue weighted by atomic mass is 16.6. The second-order valence-electron chi connectivity index (χ2n) is 5.63. The maximum atomic E-state index is 12.2. The zero-order chi connectivity index (χ0) is 13.3. The highest BCUT2D eigenvalue weighted by molar-refractivity contribution is 5.69. The maximum absolute atomic E-state index is 12.2. The number of hydrogen-bond acceptors (Lipinski definition) is 3. The van der Waals surface area contributed by atoms with Crippen molar-refractivity contribution in [2.75, 3.05) is 13.1 Å². The Bertz CT molecular complexity index is 462. The smallest absolute Gasteiger partial charge is 0.410 e. The van der Waals surface area contributed by atoms with Crippen molar-refractivity contribution < 1.29 is 9.53 Å². The highest BCUT2D eigenvalue weighted by Gasteiger charge is 2.49. The summed E-state index contributed by atoms with van der Waals surface area (Å²) in [5.41, 5.74) is 1.12. The lowest BCUT2D eigenvalue weighted by Crippen LogP contribution is -2.46. The van der Waals surface area contributed by atoms with Crippen LogP contribution >= 0.6 is 0 Å². The molecule has 0 spiro atoms. The van der Waals surface area contributed by atoms with E-state index in [9.17, 15) is 4.79 Å². The normalized spacial score (nSPS) is 29.3. The molecular weight excluding hydrogens is 240 g/mol. The fourth-order valence-electron chi connectivity index (χ4n) is 3.21. The average Bonchev–Trinajstić information content (AvgIpc) is 2.94. The van der Waals surface area contributed by atoms with Gasteiger partial charge in [0.1, 0.15) is 6.61 Å². The largest absolute Gasteiger partial charge is 0.445 e. The van der Waals surface area contributed by atoms with Crippen LogP contribution in [0.5, 0.6) is 0 Å². The van der Waals surface area contributed by atoms with Crippen molar-refractivity contribution in [3.63, 3.8) is 0 Å². The molecule has 1 amide bonds. The van der Waals surface area contributed by atoms with Crippen molar-refractivity contribution in [2.45, 2.75) is 38.0 Å². The summed E-state index contributed by atoms with van der Waals surface area (Å²) in [5.74, 6) is 0. The number of likely N-dealkylation sites (tertiary alicyclic amines) is 1. The van der Waals surface area contributed by atoms with Gasteiger partial charge in [-0.2, -0.15) is 0 Å². The maximum Gasteiger partial charge on any atom is 0.410 e. The van der Waals surface area contributed by atoms with Crippen molar-refractivity contribution >= 4 is 6.09 Å². The molecular formula is C15H20N2O2. The van der Waals surface area contributed by atoms with Crippen LogP contribution < -0.4 is 5.32 Å². The van der Waals surface area contributed by atoms with Crippen LogP contribution in [0.4, 0.5) is 4.79 Å². The molecule has 0 aliphatic carbocycles. The average molecular weight is 260 g/mol.